The minimum atomic E-state index is -0.833. The summed E-state index contributed by atoms with van der Waals surface area (Å²) in [7, 11) is 0. The van der Waals surface area contributed by atoms with Crippen molar-refractivity contribution in [1.29, 1.82) is 0 Å². The van der Waals surface area contributed by atoms with Gasteiger partial charge in [0.05, 0.1) is 12.2 Å². The quantitative estimate of drug-likeness (QED) is 0.473. The molecular formula is C23H39NO4. The van der Waals surface area contributed by atoms with Gasteiger partial charge in [-0.15, -0.1) is 0 Å². The SMILES string of the molecule is C/C=C1\CCC2C3C(CC[C@]12C)[C@@]1(C)CC[C@@H](N)CC1[C@@H](O)[C@@H]3O.CC(=O)O. The first-order valence-electron chi connectivity index (χ1n) is 11.0. The zero-order valence-electron chi connectivity index (χ0n) is 17.9. The Kier molecular flexibility index (Phi) is 6.02. The van der Waals surface area contributed by atoms with Crippen LogP contribution in [0.2, 0.25) is 0 Å². The second-order valence-electron chi connectivity index (χ2n) is 10.2. The van der Waals surface area contributed by atoms with E-state index in [0.29, 0.717) is 11.8 Å². The Bertz CT molecular complexity index is 630. The molecule has 5 N–H and O–H groups in total. The van der Waals surface area contributed by atoms with E-state index in [1.165, 1.54) is 25.7 Å². The molecule has 4 aliphatic rings. The molecule has 4 rings (SSSR count). The summed E-state index contributed by atoms with van der Waals surface area (Å²) in [6.45, 7) is 8.06. The Morgan fingerprint density at radius 3 is 2.32 bits per heavy atom. The fraction of sp³-hybridized carbons (Fsp3) is 0.870. The molecule has 0 bridgehead atoms. The molecule has 0 aliphatic heterocycles. The first kappa shape index (κ1) is 21.8. The maximum atomic E-state index is 11.1. The molecule has 0 spiro atoms. The zero-order chi connectivity index (χ0) is 20.9. The zero-order valence-corrected chi connectivity index (χ0v) is 17.9. The second kappa shape index (κ2) is 7.73. The van der Waals surface area contributed by atoms with Gasteiger partial charge in [-0.05, 0) is 86.4 Å². The molecule has 5 nitrogen and oxygen atoms in total. The summed E-state index contributed by atoms with van der Waals surface area (Å²) in [5, 5.41) is 29.5. The van der Waals surface area contributed by atoms with Crippen molar-refractivity contribution in [1.82, 2.24) is 0 Å². The molecule has 0 radical (unpaired) electrons. The third-order valence-electron chi connectivity index (χ3n) is 8.99. The van der Waals surface area contributed by atoms with Crippen molar-refractivity contribution < 1.29 is 20.1 Å². The molecule has 0 heterocycles. The lowest BCUT2D eigenvalue weighted by Crippen LogP contribution is -2.64. The van der Waals surface area contributed by atoms with E-state index in [1.807, 2.05) is 0 Å². The average Bonchev–Trinajstić information content (AvgIpc) is 2.96. The van der Waals surface area contributed by atoms with E-state index < -0.39 is 18.2 Å². The normalized spacial score (nSPS) is 51.4. The molecule has 5 heteroatoms. The van der Waals surface area contributed by atoms with Crippen molar-refractivity contribution in [2.75, 3.05) is 0 Å². The van der Waals surface area contributed by atoms with Crippen molar-refractivity contribution in [3.05, 3.63) is 11.6 Å². The first-order chi connectivity index (χ1) is 13.1. The summed E-state index contributed by atoms with van der Waals surface area (Å²) in [5.41, 5.74) is 8.20. The van der Waals surface area contributed by atoms with Crippen LogP contribution in [0.3, 0.4) is 0 Å². The third-order valence-corrected chi connectivity index (χ3v) is 8.99. The average molecular weight is 394 g/mol. The molecular weight excluding hydrogens is 354 g/mol. The summed E-state index contributed by atoms with van der Waals surface area (Å²) in [5.74, 6) is 0.666. The summed E-state index contributed by atoms with van der Waals surface area (Å²) in [6.07, 6.45) is 9.01. The van der Waals surface area contributed by atoms with Gasteiger partial charge in [0, 0.05) is 13.0 Å². The van der Waals surface area contributed by atoms with Crippen LogP contribution >= 0.6 is 0 Å². The fourth-order valence-electron chi connectivity index (χ4n) is 7.61. The van der Waals surface area contributed by atoms with E-state index in [4.69, 9.17) is 15.6 Å². The molecule has 0 aromatic carbocycles. The molecule has 160 valence electrons. The summed E-state index contributed by atoms with van der Waals surface area (Å²) < 4.78 is 0. The highest BCUT2D eigenvalue weighted by Crippen LogP contribution is 2.67. The van der Waals surface area contributed by atoms with Crippen LogP contribution < -0.4 is 5.73 Å². The molecule has 0 aromatic heterocycles. The minimum absolute atomic E-state index is 0.152. The number of carboxylic acid groups (broad SMARTS) is 1. The largest absolute Gasteiger partial charge is 0.481 e. The number of aliphatic hydroxyl groups is 2. The Morgan fingerprint density at radius 1 is 1.07 bits per heavy atom. The van der Waals surface area contributed by atoms with Crippen LogP contribution in [-0.2, 0) is 4.79 Å². The van der Waals surface area contributed by atoms with Gasteiger partial charge in [0.1, 0.15) is 0 Å². The van der Waals surface area contributed by atoms with Crippen LogP contribution in [0.15, 0.2) is 11.6 Å². The van der Waals surface area contributed by atoms with Gasteiger partial charge in [-0.2, -0.15) is 0 Å². The molecule has 4 aliphatic carbocycles. The van der Waals surface area contributed by atoms with Gasteiger partial charge < -0.3 is 21.1 Å². The molecule has 0 saturated heterocycles. The van der Waals surface area contributed by atoms with Gasteiger partial charge >= 0.3 is 0 Å². The Balaban J connectivity index is 0.000000516. The summed E-state index contributed by atoms with van der Waals surface area (Å²) in [6, 6.07) is 0.191. The van der Waals surface area contributed by atoms with Gasteiger partial charge in [-0.1, -0.05) is 25.5 Å². The van der Waals surface area contributed by atoms with E-state index in [-0.39, 0.29) is 28.7 Å². The Hall–Kier alpha value is -0.910. The molecule has 4 fully saturated rings. The lowest BCUT2D eigenvalue weighted by atomic mass is 9.43. The monoisotopic (exact) mass is 393 g/mol. The van der Waals surface area contributed by atoms with Crippen LogP contribution in [0.5, 0.6) is 0 Å². The van der Waals surface area contributed by atoms with Gasteiger partial charge in [0.15, 0.2) is 0 Å². The number of fused-ring (bicyclic) bond motifs is 5. The highest BCUT2D eigenvalue weighted by molar-refractivity contribution is 5.62. The number of nitrogens with two attached hydrogens (primary N) is 1. The smallest absolute Gasteiger partial charge is 0.300 e. The standard InChI is InChI=1S/C21H35NO2.C2H4O2/c1-4-12-5-6-14-17-15(8-10-20(12,14)2)21(3)9-7-13(22)11-16(21)18(23)19(17)24;1-2(3)4/h4,13-19,23-24H,5-11,22H2,1-3H3;1H3,(H,3,4)/b12-4+;/t13-,14?,15?,16?,17?,18-,19-,20-,21-;/m1./s1. The van der Waals surface area contributed by atoms with Crippen LogP contribution in [-0.4, -0.2) is 39.5 Å². The Morgan fingerprint density at radius 2 is 1.71 bits per heavy atom. The van der Waals surface area contributed by atoms with Crippen molar-refractivity contribution in [3.63, 3.8) is 0 Å². The van der Waals surface area contributed by atoms with Crippen molar-refractivity contribution in [2.24, 2.45) is 40.2 Å². The molecule has 0 aromatic rings. The number of aliphatic carboxylic acids is 1. The van der Waals surface area contributed by atoms with Crippen molar-refractivity contribution in [3.8, 4) is 0 Å². The van der Waals surface area contributed by atoms with E-state index in [1.54, 1.807) is 5.57 Å². The molecule has 4 saturated carbocycles. The maximum Gasteiger partial charge on any atom is 0.300 e. The van der Waals surface area contributed by atoms with Gasteiger partial charge in [0.2, 0.25) is 0 Å². The first-order valence-corrected chi connectivity index (χ1v) is 11.0. The summed E-state index contributed by atoms with van der Waals surface area (Å²) >= 11 is 0. The van der Waals surface area contributed by atoms with Gasteiger partial charge in [0.25, 0.3) is 5.97 Å². The second-order valence-corrected chi connectivity index (χ2v) is 10.2. The van der Waals surface area contributed by atoms with E-state index in [9.17, 15) is 10.2 Å². The van der Waals surface area contributed by atoms with Crippen LogP contribution in [0, 0.1) is 34.5 Å². The van der Waals surface area contributed by atoms with Crippen molar-refractivity contribution >= 4 is 5.97 Å². The lowest BCUT2D eigenvalue weighted by Gasteiger charge is -2.63. The highest BCUT2D eigenvalue weighted by atomic mass is 16.4. The summed E-state index contributed by atoms with van der Waals surface area (Å²) in [4.78, 5) is 9.00. The van der Waals surface area contributed by atoms with E-state index >= 15 is 0 Å². The number of carbonyl (C=O) groups is 1. The molecule has 4 unspecified atom stereocenters. The number of carboxylic acids is 1. The van der Waals surface area contributed by atoms with Crippen molar-refractivity contribution in [2.45, 2.75) is 90.9 Å². The number of hydrogen-bond acceptors (Lipinski definition) is 4. The van der Waals surface area contributed by atoms with Crippen LogP contribution in [0.1, 0.15) is 72.6 Å². The number of hydrogen-bond donors (Lipinski definition) is 4. The highest BCUT2D eigenvalue weighted by Gasteiger charge is 2.63. The van der Waals surface area contributed by atoms with E-state index in [2.05, 4.69) is 26.8 Å². The van der Waals surface area contributed by atoms with Crippen LogP contribution in [0.4, 0.5) is 0 Å². The molecule has 0 amide bonds. The molecule has 28 heavy (non-hydrogen) atoms. The maximum absolute atomic E-state index is 11.1. The predicted octanol–water partition coefficient (Wildman–Crippen LogP) is 3.34. The predicted molar refractivity (Wildman–Crippen MR) is 110 cm³/mol. The minimum Gasteiger partial charge on any atom is -0.481 e. The topological polar surface area (TPSA) is 104 Å². The number of allylic oxidation sites excluding steroid dienone is 2. The number of rotatable bonds is 0. The van der Waals surface area contributed by atoms with Gasteiger partial charge in [-0.25, -0.2) is 0 Å². The van der Waals surface area contributed by atoms with Gasteiger partial charge in [-0.3, -0.25) is 4.79 Å². The van der Waals surface area contributed by atoms with Crippen LogP contribution in [0.25, 0.3) is 0 Å². The Labute approximate surface area is 169 Å². The fourth-order valence-corrected chi connectivity index (χ4v) is 7.61. The lowest BCUT2D eigenvalue weighted by molar-refractivity contribution is -0.210. The third kappa shape index (κ3) is 3.33. The van der Waals surface area contributed by atoms with E-state index in [0.717, 1.165) is 26.2 Å². The molecule has 9 atom stereocenters. The number of aliphatic hydroxyl groups excluding tert-OH is 2.